The molecule has 0 aliphatic heterocycles. The molecule has 0 heterocycles. The first-order valence-electron chi connectivity index (χ1n) is 4.12. The lowest BCUT2D eigenvalue weighted by Gasteiger charge is -2.13. The maximum atomic E-state index is 11.6. The highest BCUT2D eigenvalue weighted by Crippen LogP contribution is 2.18. The summed E-state index contributed by atoms with van der Waals surface area (Å²) < 4.78 is 0.598. The number of nitrogens with zero attached hydrogens (tertiary/aromatic N) is 2. The van der Waals surface area contributed by atoms with Crippen molar-refractivity contribution < 1.29 is 9.63 Å². The molecule has 0 aliphatic carbocycles. The van der Waals surface area contributed by atoms with Crippen LogP contribution in [0.5, 0.6) is 0 Å². The van der Waals surface area contributed by atoms with Crippen molar-refractivity contribution >= 4 is 21.8 Å². The lowest BCUT2D eigenvalue weighted by Crippen LogP contribution is -2.25. The highest BCUT2D eigenvalue weighted by Gasteiger charge is 2.12. The number of benzene rings is 1. The van der Waals surface area contributed by atoms with Crippen LogP contribution in [0.15, 0.2) is 22.7 Å². The zero-order valence-corrected chi connectivity index (χ0v) is 9.91. The van der Waals surface area contributed by atoms with Gasteiger partial charge in [0.15, 0.2) is 0 Å². The molecule has 0 unspecified atom stereocenters. The van der Waals surface area contributed by atoms with Crippen molar-refractivity contribution in [3.63, 3.8) is 0 Å². The number of halogens is 1. The topological polar surface area (TPSA) is 53.3 Å². The molecule has 5 heteroatoms. The number of rotatable bonds is 2. The molecule has 0 radical (unpaired) electrons. The molecule has 0 spiro atoms. The third-order valence-electron chi connectivity index (χ3n) is 1.90. The van der Waals surface area contributed by atoms with E-state index in [1.165, 1.54) is 14.2 Å². The van der Waals surface area contributed by atoms with Crippen LogP contribution in [0.4, 0.5) is 0 Å². The molecule has 4 nitrogen and oxygen atoms in total. The normalized spacial score (nSPS) is 9.47. The third-order valence-corrected chi connectivity index (χ3v) is 2.55. The van der Waals surface area contributed by atoms with Gasteiger partial charge in [0.1, 0.15) is 6.07 Å². The Morgan fingerprint density at radius 3 is 2.73 bits per heavy atom. The fraction of sp³-hybridized carbons (Fsp3) is 0.200. The summed E-state index contributed by atoms with van der Waals surface area (Å²) in [5, 5.41) is 9.82. The van der Waals surface area contributed by atoms with E-state index in [9.17, 15) is 4.79 Å². The van der Waals surface area contributed by atoms with E-state index in [2.05, 4.69) is 15.9 Å². The highest BCUT2D eigenvalue weighted by atomic mass is 79.9. The number of hydroxylamine groups is 2. The summed E-state index contributed by atoms with van der Waals surface area (Å²) >= 11 is 3.21. The summed E-state index contributed by atoms with van der Waals surface area (Å²) in [5.41, 5.74) is 0.955. The molecule has 15 heavy (non-hydrogen) atoms. The second-order valence-corrected chi connectivity index (χ2v) is 3.65. The molecular formula is C10H9BrN2O2. The Balaban J connectivity index is 3.04. The van der Waals surface area contributed by atoms with Gasteiger partial charge in [-0.2, -0.15) is 5.26 Å². The van der Waals surface area contributed by atoms with Crippen molar-refractivity contribution in [2.75, 3.05) is 14.2 Å². The van der Waals surface area contributed by atoms with Gasteiger partial charge in [-0.25, -0.2) is 5.06 Å². The molecular weight excluding hydrogens is 260 g/mol. The third kappa shape index (κ3) is 2.55. The summed E-state index contributed by atoms with van der Waals surface area (Å²) in [4.78, 5) is 16.4. The summed E-state index contributed by atoms with van der Waals surface area (Å²) in [6, 6.07) is 6.76. The zero-order valence-electron chi connectivity index (χ0n) is 8.32. The number of carbonyl (C=O) groups excluding carboxylic acids is 1. The van der Waals surface area contributed by atoms with E-state index >= 15 is 0 Å². The van der Waals surface area contributed by atoms with Crippen molar-refractivity contribution in [3.05, 3.63) is 33.8 Å². The summed E-state index contributed by atoms with van der Waals surface area (Å²) in [6.45, 7) is 0. The van der Waals surface area contributed by atoms with Gasteiger partial charge in [0.25, 0.3) is 5.91 Å². The second kappa shape index (κ2) is 4.91. The van der Waals surface area contributed by atoms with E-state index in [1.807, 2.05) is 6.07 Å². The maximum absolute atomic E-state index is 11.6. The van der Waals surface area contributed by atoms with Gasteiger partial charge in [0.2, 0.25) is 0 Å². The molecule has 1 amide bonds. The fourth-order valence-corrected chi connectivity index (χ4v) is 1.47. The van der Waals surface area contributed by atoms with Crippen LogP contribution in [0.2, 0.25) is 0 Å². The number of nitriles is 1. The lowest BCUT2D eigenvalue weighted by atomic mass is 10.1. The number of carbonyl (C=O) groups is 1. The molecule has 0 bridgehead atoms. The molecule has 1 aromatic rings. The average Bonchev–Trinajstić information content (AvgIpc) is 2.26. The van der Waals surface area contributed by atoms with E-state index in [1.54, 1.807) is 18.2 Å². The van der Waals surface area contributed by atoms with Crippen LogP contribution < -0.4 is 0 Å². The monoisotopic (exact) mass is 268 g/mol. The first-order chi connectivity index (χ1) is 7.10. The molecule has 0 atom stereocenters. The Hall–Kier alpha value is -1.38. The smallest absolute Gasteiger partial charge is 0.274 e. The molecule has 1 aromatic carbocycles. The first kappa shape index (κ1) is 11.7. The largest absolute Gasteiger partial charge is 0.277 e. The summed E-state index contributed by atoms with van der Waals surface area (Å²) in [7, 11) is 2.94. The summed E-state index contributed by atoms with van der Waals surface area (Å²) in [5.74, 6) is -0.261. The van der Waals surface area contributed by atoms with Crippen LogP contribution >= 0.6 is 15.9 Å². The Kier molecular flexibility index (Phi) is 3.83. The second-order valence-electron chi connectivity index (χ2n) is 2.79. The van der Waals surface area contributed by atoms with Crippen molar-refractivity contribution in [1.29, 1.82) is 5.26 Å². The Labute approximate surface area is 96.1 Å². The van der Waals surface area contributed by atoms with Crippen molar-refractivity contribution in [2.24, 2.45) is 0 Å². The molecule has 1 rings (SSSR count). The van der Waals surface area contributed by atoms with Crippen LogP contribution in [-0.4, -0.2) is 25.1 Å². The molecule has 0 N–H and O–H groups in total. The van der Waals surface area contributed by atoms with Gasteiger partial charge >= 0.3 is 0 Å². The van der Waals surface area contributed by atoms with Crippen molar-refractivity contribution in [3.8, 4) is 6.07 Å². The quantitative estimate of drug-likeness (QED) is 0.771. The van der Waals surface area contributed by atoms with E-state index in [0.29, 0.717) is 15.6 Å². The van der Waals surface area contributed by atoms with Crippen LogP contribution in [0.3, 0.4) is 0 Å². The minimum atomic E-state index is -0.261. The number of hydrogen-bond acceptors (Lipinski definition) is 3. The van der Waals surface area contributed by atoms with E-state index in [4.69, 9.17) is 10.1 Å². The van der Waals surface area contributed by atoms with Crippen LogP contribution in [0, 0.1) is 11.3 Å². The Morgan fingerprint density at radius 1 is 1.60 bits per heavy atom. The maximum Gasteiger partial charge on any atom is 0.277 e. The van der Waals surface area contributed by atoms with Crippen LogP contribution in [-0.2, 0) is 4.84 Å². The Bertz CT molecular complexity index is 426. The minimum Gasteiger partial charge on any atom is -0.274 e. The van der Waals surface area contributed by atoms with E-state index in [-0.39, 0.29) is 5.91 Å². The first-order valence-corrected chi connectivity index (χ1v) is 4.91. The minimum absolute atomic E-state index is 0.261. The van der Waals surface area contributed by atoms with Gasteiger partial charge in [-0.1, -0.05) is 0 Å². The fourth-order valence-electron chi connectivity index (χ4n) is 1.00. The molecule has 0 fully saturated rings. The average molecular weight is 269 g/mol. The van der Waals surface area contributed by atoms with E-state index < -0.39 is 0 Å². The zero-order chi connectivity index (χ0) is 11.4. The highest BCUT2D eigenvalue weighted by molar-refractivity contribution is 9.10. The van der Waals surface area contributed by atoms with Crippen molar-refractivity contribution in [2.45, 2.75) is 0 Å². The van der Waals surface area contributed by atoms with Crippen molar-refractivity contribution in [1.82, 2.24) is 5.06 Å². The predicted molar refractivity (Wildman–Crippen MR) is 58.0 cm³/mol. The number of amides is 1. The number of hydrogen-bond donors (Lipinski definition) is 0. The molecule has 78 valence electrons. The van der Waals surface area contributed by atoms with Crippen LogP contribution in [0.1, 0.15) is 15.9 Å². The SMILES string of the molecule is CON(C)C(=O)c1ccc(C#N)c(Br)c1. The van der Waals surface area contributed by atoms with Crippen LogP contribution in [0.25, 0.3) is 0 Å². The molecule has 0 saturated heterocycles. The van der Waals surface area contributed by atoms with Gasteiger partial charge in [-0.3, -0.25) is 9.63 Å². The predicted octanol–water partition coefficient (Wildman–Crippen LogP) is 1.95. The van der Waals surface area contributed by atoms with Gasteiger partial charge in [0.05, 0.1) is 12.7 Å². The molecule has 0 aromatic heterocycles. The summed E-state index contributed by atoms with van der Waals surface area (Å²) in [6.07, 6.45) is 0. The van der Waals surface area contributed by atoms with Gasteiger partial charge in [0, 0.05) is 17.1 Å². The Morgan fingerprint density at radius 2 is 2.27 bits per heavy atom. The standard InChI is InChI=1S/C10H9BrN2O2/c1-13(15-2)10(14)7-3-4-8(6-12)9(11)5-7/h3-5H,1-2H3. The van der Waals surface area contributed by atoms with E-state index in [0.717, 1.165) is 5.06 Å². The van der Waals surface area contributed by atoms with Gasteiger partial charge in [-0.05, 0) is 34.1 Å². The van der Waals surface area contributed by atoms with Gasteiger partial charge in [-0.15, -0.1) is 0 Å². The molecule has 0 saturated carbocycles. The molecule has 0 aliphatic rings. The van der Waals surface area contributed by atoms with Gasteiger partial charge < -0.3 is 0 Å². The lowest BCUT2D eigenvalue weighted by molar-refractivity contribution is -0.0757.